The number of hydrogen-bond acceptors (Lipinski definition) is 5. The van der Waals surface area contributed by atoms with Crippen LogP contribution >= 0.6 is 11.6 Å². The predicted octanol–water partition coefficient (Wildman–Crippen LogP) is 4.55. The van der Waals surface area contributed by atoms with Crippen molar-refractivity contribution in [2.75, 3.05) is 19.0 Å². The van der Waals surface area contributed by atoms with Gasteiger partial charge < -0.3 is 15.4 Å². The Labute approximate surface area is 204 Å². The highest BCUT2D eigenvalue weighted by molar-refractivity contribution is 7.92. The van der Waals surface area contributed by atoms with E-state index >= 15 is 0 Å². The van der Waals surface area contributed by atoms with Gasteiger partial charge in [0.1, 0.15) is 0 Å². The first kappa shape index (κ1) is 25.3. The first-order chi connectivity index (χ1) is 16.5. The Bertz CT molecular complexity index is 1270. The first-order valence-corrected chi connectivity index (χ1v) is 12.8. The van der Waals surface area contributed by atoms with Gasteiger partial charge in [-0.25, -0.2) is 26.4 Å². The SMILES string of the molecule is COC(=O)NC[C@H]1C[C@@H]2CCC1[C@@H]2S(=O)(=O)c1cc(C(=O)Nc2cc(F)c(F)c(F)c2)ccc1Cl. The zero-order valence-corrected chi connectivity index (χ0v) is 20.1. The number of methoxy groups -OCH3 is 1. The van der Waals surface area contributed by atoms with Crippen molar-refractivity contribution in [1.29, 1.82) is 0 Å². The summed E-state index contributed by atoms with van der Waals surface area (Å²) in [6, 6.07) is 4.90. The minimum absolute atomic E-state index is 0.0406. The second-order valence-electron chi connectivity index (χ2n) is 8.73. The van der Waals surface area contributed by atoms with Crippen LogP contribution in [0.2, 0.25) is 5.02 Å². The molecule has 0 spiro atoms. The zero-order valence-electron chi connectivity index (χ0n) is 18.5. The number of alkyl carbamates (subject to hydrolysis) is 1. The molecule has 2 aromatic carbocycles. The summed E-state index contributed by atoms with van der Waals surface area (Å²) in [5.41, 5.74) is -0.437. The van der Waals surface area contributed by atoms with Gasteiger partial charge in [-0.2, -0.15) is 0 Å². The van der Waals surface area contributed by atoms with Crippen LogP contribution in [0.4, 0.5) is 23.7 Å². The fourth-order valence-electron chi connectivity index (χ4n) is 5.25. The minimum Gasteiger partial charge on any atom is -0.453 e. The molecule has 2 fully saturated rings. The van der Waals surface area contributed by atoms with Crippen LogP contribution in [0.15, 0.2) is 35.2 Å². The average Bonchev–Trinajstić information content (AvgIpc) is 3.40. The van der Waals surface area contributed by atoms with E-state index in [1.165, 1.54) is 19.2 Å². The topological polar surface area (TPSA) is 102 Å². The van der Waals surface area contributed by atoms with Crippen LogP contribution in [-0.4, -0.2) is 39.3 Å². The third kappa shape index (κ3) is 4.84. The molecule has 2 aliphatic rings. The second kappa shape index (κ2) is 9.69. The number of ether oxygens (including phenoxy) is 1. The number of benzene rings is 2. The van der Waals surface area contributed by atoms with Crippen LogP contribution in [0.5, 0.6) is 0 Å². The molecule has 7 nitrogen and oxygen atoms in total. The largest absolute Gasteiger partial charge is 0.453 e. The summed E-state index contributed by atoms with van der Waals surface area (Å²) >= 11 is 6.23. The molecule has 2 amide bonds. The molecule has 1 unspecified atom stereocenters. The number of sulfone groups is 1. The molecular weight excluding hydrogens is 509 g/mol. The molecule has 0 radical (unpaired) electrons. The van der Waals surface area contributed by atoms with Crippen LogP contribution < -0.4 is 10.6 Å². The quantitative estimate of drug-likeness (QED) is 0.533. The maximum Gasteiger partial charge on any atom is 0.406 e. The summed E-state index contributed by atoms with van der Waals surface area (Å²) in [4.78, 5) is 23.9. The van der Waals surface area contributed by atoms with E-state index in [1.807, 2.05) is 0 Å². The van der Waals surface area contributed by atoms with Crippen LogP contribution in [0.25, 0.3) is 0 Å². The Hall–Kier alpha value is -2.79. The highest BCUT2D eigenvalue weighted by Crippen LogP contribution is 2.53. The van der Waals surface area contributed by atoms with Crippen LogP contribution in [0.1, 0.15) is 29.6 Å². The molecule has 35 heavy (non-hydrogen) atoms. The van der Waals surface area contributed by atoms with Crippen molar-refractivity contribution < 1.29 is 35.9 Å². The summed E-state index contributed by atoms with van der Waals surface area (Å²) in [5.74, 6) is -5.83. The summed E-state index contributed by atoms with van der Waals surface area (Å²) < 4.78 is 72.0. The average molecular weight is 531 g/mol. The number of carbonyl (C=O) groups is 2. The summed E-state index contributed by atoms with van der Waals surface area (Å²) in [6.45, 7) is 0.292. The Morgan fingerprint density at radius 3 is 2.46 bits per heavy atom. The van der Waals surface area contributed by atoms with E-state index < -0.39 is 44.5 Å². The van der Waals surface area contributed by atoms with Gasteiger partial charge in [0.25, 0.3) is 5.91 Å². The summed E-state index contributed by atoms with van der Waals surface area (Å²) in [6.07, 6.45) is 1.44. The van der Waals surface area contributed by atoms with Crippen molar-refractivity contribution in [3.63, 3.8) is 0 Å². The Morgan fingerprint density at radius 2 is 1.80 bits per heavy atom. The highest BCUT2D eigenvalue weighted by atomic mass is 35.5. The minimum atomic E-state index is -3.96. The molecule has 0 saturated heterocycles. The molecule has 2 N–H and O–H groups in total. The van der Waals surface area contributed by atoms with Crippen molar-refractivity contribution in [1.82, 2.24) is 5.32 Å². The van der Waals surface area contributed by atoms with Crippen molar-refractivity contribution >= 4 is 39.1 Å². The maximum atomic E-state index is 13.6. The van der Waals surface area contributed by atoms with Crippen molar-refractivity contribution in [2.24, 2.45) is 17.8 Å². The van der Waals surface area contributed by atoms with Gasteiger partial charge >= 0.3 is 6.09 Å². The Balaban J connectivity index is 1.57. The van der Waals surface area contributed by atoms with E-state index in [4.69, 9.17) is 11.6 Å². The maximum absolute atomic E-state index is 13.6. The fraction of sp³-hybridized carbons (Fsp3) is 0.391. The molecular formula is C23H22ClF3N2O5S. The van der Waals surface area contributed by atoms with Crippen LogP contribution in [0, 0.1) is 35.2 Å². The number of fused-ring (bicyclic) bond motifs is 2. The van der Waals surface area contributed by atoms with Crippen LogP contribution in [0.3, 0.4) is 0 Å². The lowest BCUT2D eigenvalue weighted by molar-refractivity contribution is 0.102. The zero-order chi connectivity index (χ0) is 25.5. The molecule has 188 valence electrons. The van der Waals surface area contributed by atoms with E-state index in [0.29, 0.717) is 31.5 Å². The monoisotopic (exact) mass is 530 g/mol. The molecule has 12 heteroatoms. The lowest BCUT2D eigenvalue weighted by atomic mass is 9.89. The van der Waals surface area contributed by atoms with Gasteiger partial charge in [0.15, 0.2) is 27.3 Å². The van der Waals surface area contributed by atoms with Crippen molar-refractivity contribution in [2.45, 2.75) is 29.4 Å². The highest BCUT2D eigenvalue weighted by Gasteiger charge is 2.54. The van der Waals surface area contributed by atoms with E-state index in [2.05, 4.69) is 15.4 Å². The summed E-state index contributed by atoms with van der Waals surface area (Å²) in [5, 5.41) is 4.08. The van der Waals surface area contributed by atoms with Gasteiger partial charge in [-0.3, -0.25) is 4.79 Å². The number of rotatable bonds is 6. The number of halogens is 4. The molecule has 2 aromatic rings. The van der Waals surface area contributed by atoms with E-state index in [1.54, 1.807) is 0 Å². The standard InChI is InChI=1S/C23H22ClF3N2O5S/c1-34-23(31)28-10-13-6-11-2-4-15(13)21(11)35(32,33)19-7-12(3-5-16(19)24)22(30)29-14-8-17(25)20(27)18(26)9-14/h3,5,7-9,11,13,15,21H,2,4,6,10H2,1H3,(H,28,31)(H,29,30)/t11-,13+,15?,21+/m0/s1. The van der Waals surface area contributed by atoms with E-state index in [0.717, 1.165) is 12.5 Å². The second-order valence-corrected chi connectivity index (χ2v) is 11.2. The molecule has 4 rings (SSSR count). The molecule has 0 aliphatic heterocycles. The van der Waals surface area contributed by atoms with Gasteiger partial charge in [0, 0.05) is 29.9 Å². The lowest BCUT2D eigenvalue weighted by Gasteiger charge is -2.22. The Kier molecular flexibility index (Phi) is 7.01. The van der Waals surface area contributed by atoms with Gasteiger partial charge in [-0.1, -0.05) is 11.6 Å². The number of amides is 2. The van der Waals surface area contributed by atoms with Gasteiger partial charge in [-0.05, 0) is 55.2 Å². The number of hydrogen-bond donors (Lipinski definition) is 2. The first-order valence-electron chi connectivity index (χ1n) is 10.8. The fourth-order valence-corrected chi connectivity index (χ4v) is 8.19. The third-order valence-electron chi connectivity index (χ3n) is 6.76. The number of anilines is 1. The van der Waals surface area contributed by atoms with Gasteiger partial charge in [0.05, 0.1) is 22.3 Å². The van der Waals surface area contributed by atoms with Crippen LogP contribution in [-0.2, 0) is 14.6 Å². The number of nitrogens with one attached hydrogen (secondary N) is 2. The normalized spacial score (nSPS) is 23.2. The lowest BCUT2D eigenvalue weighted by Crippen LogP contribution is -2.33. The number of carbonyl (C=O) groups excluding carboxylic acids is 2. The Morgan fingerprint density at radius 1 is 1.11 bits per heavy atom. The van der Waals surface area contributed by atoms with E-state index in [9.17, 15) is 31.2 Å². The molecule has 0 aromatic heterocycles. The van der Waals surface area contributed by atoms with Crippen molar-refractivity contribution in [3.05, 3.63) is 58.4 Å². The molecule has 4 atom stereocenters. The van der Waals surface area contributed by atoms with E-state index in [-0.39, 0.29) is 38.9 Å². The molecule has 2 saturated carbocycles. The summed E-state index contributed by atoms with van der Waals surface area (Å²) in [7, 11) is -2.71. The smallest absolute Gasteiger partial charge is 0.406 e. The molecule has 0 heterocycles. The van der Waals surface area contributed by atoms with Gasteiger partial charge in [-0.15, -0.1) is 0 Å². The van der Waals surface area contributed by atoms with Crippen molar-refractivity contribution in [3.8, 4) is 0 Å². The predicted molar refractivity (Wildman–Crippen MR) is 121 cm³/mol. The van der Waals surface area contributed by atoms with Gasteiger partial charge in [0.2, 0.25) is 0 Å². The molecule has 2 aliphatic carbocycles. The third-order valence-corrected chi connectivity index (χ3v) is 9.61. The molecule has 2 bridgehead atoms.